The van der Waals surface area contributed by atoms with Gasteiger partial charge >= 0.3 is 6.18 Å². The molecule has 0 spiro atoms. The number of allylic oxidation sites excluding steroid dienone is 1. The fraction of sp³-hybridized carbons (Fsp3) is 0.611. The lowest BCUT2D eigenvalue weighted by Crippen LogP contribution is -2.52. The molecule has 262 valence electrons. The number of aromatic nitrogens is 2. The van der Waals surface area contributed by atoms with Crippen molar-refractivity contribution >= 4 is 23.0 Å². The van der Waals surface area contributed by atoms with Crippen LogP contribution in [0.1, 0.15) is 102 Å². The summed E-state index contributed by atoms with van der Waals surface area (Å²) in [6.07, 6.45) is 6.49. The maximum absolute atomic E-state index is 13.5. The van der Waals surface area contributed by atoms with Gasteiger partial charge in [0.15, 0.2) is 11.5 Å². The molecule has 1 amide bonds. The van der Waals surface area contributed by atoms with Gasteiger partial charge in [-0.1, -0.05) is 12.1 Å². The summed E-state index contributed by atoms with van der Waals surface area (Å²) >= 11 is 0. The van der Waals surface area contributed by atoms with E-state index in [1.165, 1.54) is 18.5 Å². The standard InChI is InChI=1S/C36H48F3N5O4/c1-3-47-33-31(34(48-4-2)41-24-40-33)43-35(19-9-20-35)30(45)12-7-8-21-44-22-17-27(18-23-44)42-32(46)29-11-6-5-10-28(29)25-13-15-26(16-14-25)36(37,38)39/h13-16,24,27,43H,3-12,17-23H2,1-2H3,(H,42,46). The van der Waals surface area contributed by atoms with Gasteiger partial charge in [-0.15, -0.1) is 0 Å². The van der Waals surface area contributed by atoms with Gasteiger partial charge in [0.05, 0.1) is 24.3 Å². The molecule has 0 radical (unpaired) electrons. The Labute approximate surface area is 281 Å². The van der Waals surface area contributed by atoms with Gasteiger partial charge in [0, 0.05) is 31.1 Å². The number of carbonyl (C=O) groups excluding carboxylic acids is 2. The lowest BCUT2D eigenvalue weighted by Gasteiger charge is -2.42. The molecule has 48 heavy (non-hydrogen) atoms. The van der Waals surface area contributed by atoms with Gasteiger partial charge in [0.25, 0.3) is 0 Å². The first-order chi connectivity index (χ1) is 23.1. The van der Waals surface area contributed by atoms with Crippen molar-refractivity contribution in [3.8, 4) is 11.8 Å². The van der Waals surface area contributed by atoms with Gasteiger partial charge in [0.1, 0.15) is 6.33 Å². The summed E-state index contributed by atoms with van der Waals surface area (Å²) in [5.74, 6) is 0.884. The van der Waals surface area contributed by atoms with Crippen LogP contribution in [0.5, 0.6) is 11.8 Å². The Morgan fingerprint density at radius 3 is 2.17 bits per heavy atom. The van der Waals surface area contributed by atoms with Crippen LogP contribution in [0.4, 0.5) is 18.9 Å². The van der Waals surface area contributed by atoms with Crippen LogP contribution in [-0.4, -0.2) is 71.0 Å². The quantitative estimate of drug-likeness (QED) is 0.196. The van der Waals surface area contributed by atoms with E-state index in [9.17, 15) is 22.8 Å². The number of benzene rings is 1. The molecule has 5 rings (SSSR count). The highest BCUT2D eigenvalue weighted by atomic mass is 19.4. The van der Waals surface area contributed by atoms with Crippen LogP contribution in [0.2, 0.25) is 0 Å². The van der Waals surface area contributed by atoms with Crippen LogP contribution in [0, 0.1) is 0 Å². The van der Waals surface area contributed by atoms with Crippen LogP contribution < -0.4 is 20.1 Å². The number of ketones is 1. The Morgan fingerprint density at radius 1 is 0.938 bits per heavy atom. The van der Waals surface area contributed by atoms with Crippen molar-refractivity contribution in [1.82, 2.24) is 20.2 Å². The van der Waals surface area contributed by atoms with Crippen molar-refractivity contribution in [2.75, 3.05) is 38.2 Å². The fourth-order valence-corrected chi connectivity index (χ4v) is 6.97. The highest BCUT2D eigenvalue weighted by molar-refractivity contribution is 6.01. The Balaban J connectivity index is 1.07. The van der Waals surface area contributed by atoms with Gasteiger partial charge in [0.2, 0.25) is 17.7 Å². The average Bonchev–Trinajstić information content (AvgIpc) is 3.06. The lowest BCUT2D eigenvalue weighted by atomic mass is 9.72. The number of ether oxygens (including phenoxy) is 2. The predicted octanol–water partition coefficient (Wildman–Crippen LogP) is 6.98. The minimum absolute atomic E-state index is 0.0632. The molecule has 2 N–H and O–H groups in total. The van der Waals surface area contributed by atoms with E-state index in [-0.39, 0.29) is 17.7 Å². The van der Waals surface area contributed by atoms with Crippen molar-refractivity contribution in [3.05, 3.63) is 47.3 Å². The molecule has 0 bridgehead atoms. The van der Waals surface area contributed by atoms with Gasteiger partial charge < -0.3 is 25.0 Å². The number of anilines is 1. The van der Waals surface area contributed by atoms with Gasteiger partial charge in [-0.2, -0.15) is 23.1 Å². The molecule has 12 heteroatoms. The number of nitrogens with zero attached hydrogens (tertiary/aromatic N) is 3. The van der Waals surface area contributed by atoms with Crippen LogP contribution in [0.15, 0.2) is 36.2 Å². The third-order valence-electron chi connectivity index (χ3n) is 9.80. The summed E-state index contributed by atoms with van der Waals surface area (Å²) in [5, 5.41) is 6.66. The van der Waals surface area contributed by atoms with E-state index < -0.39 is 17.3 Å². The number of carbonyl (C=O) groups is 2. The summed E-state index contributed by atoms with van der Waals surface area (Å²) in [6.45, 7) is 7.27. The number of amides is 1. The third-order valence-corrected chi connectivity index (χ3v) is 9.80. The molecule has 3 aliphatic rings. The molecule has 2 heterocycles. The van der Waals surface area contributed by atoms with E-state index in [4.69, 9.17) is 9.47 Å². The Kier molecular flexibility index (Phi) is 12.0. The van der Waals surface area contributed by atoms with E-state index in [0.717, 1.165) is 95.1 Å². The van der Waals surface area contributed by atoms with E-state index in [1.54, 1.807) is 0 Å². The van der Waals surface area contributed by atoms with Gasteiger partial charge in [-0.3, -0.25) is 9.59 Å². The monoisotopic (exact) mass is 671 g/mol. The summed E-state index contributed by atoms with van der Waals surface area (Å²) in [4.78, 5) is 37.8. The molecule has 2 aliphatic carbocycles. The van der Waals surface area contributed by atoms with E-state index in [2.05, 4.69) is 25.5 Å². The Hall–Kier alpha value is -3.67. The van der Waals surface area contributed by atoms with Crippen LogP contribution in [-0.2, 0) is 15.8 Å². The highest BCUT2D eigenvalue weighted by Crippen LogP contribution is 2.42. The largest absolute Gasteiger partial charge is 0.476 e. The van der Waals surface area contributed by atoms with Crippen molar-refractivity contribution < 1.29 is 32.2 Å². The molecule has 1 saturated heterocycles. The molecule has 1 aromatic heterocycles. The van der Waals surface area contributed by atoms with Crippen molar-refractivity contribution in [1.29, 1.82) is 0 Å². The van der Waals surface area contributed by atoms with Crippen LogP contribution in [0.3, 0.4) is 0 Å². The second kappa shape index (κ2) is 16.2. The van der Waals surface area contributed by atoms with Crippen molar-refractivity contribution in [2.45, 2.75) is 109 Å². The number of likely N-dealkylation sites (tertiary alicyclic amines) is 1. The number of alkyl halides is 3. The molecular formula is C36H48F3N5O4. The first kappa shape index (κ1) is 35.6. The zero-order valence-corrected chi connectivity index (χ0v) is 28.1. The Morgan fingerprint density at radius 2 is 1.58 bits per heavy atom. The average molecular weight is 672 g/mol. The lowest BCUT2D eigenvalue weighted by molar-refractivity contribution is -0.137. The molecular weight excluding hydrogens is 623 g/mol. The topological polar surface area (TPSA) is 106 Å². The third kappa shape index (κ3) is 8.67. The van der Waals surface area contributed by atoms with E-state index in [0.29, 0.717) is 61.1 Å². The molecule has 9 nitrogen and oxygen atoms in total. The zero-order chi connectivity index (χ0) is 34.1. The summed E-state index contributed by atoms with van der Waals surface area (Å²) in [7, 11) is 0. The normalized spacial score (nSPS) is 18.6. The maximum atomic E-state index is 13.5. The summed E-state index contributed by atoms with van der Waals surface area (Å²) in [5.41, 5.74) is 1.46. The zero-order valence-electron chi connectivity index (χ0n) is 28.1. The van der Waals surface area contributed by atoms with Crippen LogP contribution in [0.25, 0.3) is 5.57 Å². The number of hydrogen-bond acceptors (Lipinski definition) is 8. The second-order valence-electron chi connectivity index (χ2n) is 13.0. The minimum Gasteiger partial charge on any atom is -0.476 e. The smallest absolute Gasteiger partial charge is 0.416 e. The second-order valence-corrected chi connectivity index (χ2v) is 13.0. The van der Waals surface area contributed by atoms with Gasteiger partial charge in [-0.05, 0) is 114 Å². The van der Waals surface area contributed by atoms with Crippen molar-refractivity contribution in [3.63, 3.8) is 0 Å². The number of unbranched alkanes of at least 4 members (excludes halogenated alkanes) is 1. The molecule has 2 fully saturated rings. The summed E-state index contributed by atoms with van der Waals surface area (Å²) < 4.78 is 50.6. The number of halogens is 3. The van der Waals surface area contributed by atoms with E-state index >= 15 is 0 Å². The molecule has 1 saturated carbocycles. The Bertz CT molecular complexity index is 1410. The molecule has 0 atom stereocenters. The SMILES string of the molecule is CCOc1ncnc(OCC)c1NC1(C(=O)CCCCN2CCC(NC(=O)C3=C(c4ccc(C(F)(F)F)cc4)CCCC3)CC2)CCC1. The molecule has 2 aromatic rings. The minimum atomic E-state index is -4.38. The number of rotatable bonds is 15. The summed E-state index contributed by atoms with van der Waals surface area (Å²) in [6, 6.07) is 5.23. The number of piperidine rings is 1. The molecule has 1 aromatic carbocycles. The number of nitrogens with one attached hydrogen (secondary N) is 2. The maximum Gasteiger partial charge on any atom is 0.416 e. The number of Topliss-reactive ketones (excluding diaryl/α,β-unsaturated/α-hetero) is 1. The van der Waals surface area contributed by atoms with Gasteiger partial charge in [-0.25, -0.2) is 0 Å². The first-order valence-corrected chi connectivity index (χ1v) is 17.5. The molecule has 0 unspecified atom stereocenters. The number of hydrogen-bond donors (Lipinski definition) is 2. The predicted molar refractivity (Wildman–Crippen MR) is 178 cm³/mol. The van der Waals surface area contributed by atoms with Crippen LogP contribution >= 0.6 is 0 Å². The van der Waals surface area contributed by atoms with E-state index in [1.807, 2.05) is 13.8 Å². The molecule has 1 aliphatic heterocycles. The fourth-order valence-electron chi connectivity index (χ4n) is 6.97. The highest BCUT2D eigenvalue weighted by Gasteiger charge is 2.44. The first-order valence-electron chi connectivity index (χ1n) is 17.5. The van der Waals surface area contributed by atoms with Crippen molar-refractivity contribution in [2.24, 2.45) is 0 Å².